The van der Waals surface area contributed by atoms with Crippen molar-refractivity contribution in [3.8, 4) is 0 Å². The molecular formula is C10H6ClF3N2O. The van der Waals surface area contributed by atoms with Gasteiger partial charge in [0.15, 0.2) is 0 Å². The molecule has 0 amide bonds. The summed E-state index contributed by atoms with van der Waals surface area (Å²) in [4.78, 5) is 14.7. The number of aryl methyl sites for hydroxylation is 1. The SMILES string of the molecule is Cc1cc(C(F)(F)F)cn2cc(C(=O)Cl)nc12. The number of alkyl halides is 3. The van der Waals surface area contributed by atoms with E-state index in [1.807, 2.05) is 0 Å². The fourth-order valence-electron chi connectivity index (χ4n) is 1.52. The summed E-state index contributed by atoms with van der Waals surface area (Å²) < 4.78 is 38.7. The number of hydrogen-bond donors (Lipinski definition) is 0. The molecule has 0 aliphatic heterocycles. The van der Waals surface area contributed by atoms with Crippen LogP contribution in [0.4, 0.5) is 13.2 Å². The van der Waals surface area contributed by atoms with Gasteiger partial charge in [-0.1, -0.05) is 0 Å². The van der Waals surface area contributed by atoms with E-state index < -0.39 is 17.0 Å². The number of pyridine rings is 1. The van der Waals surface area contributed by atoms with Crippen LogP contribution in [0.15, 0.2) is 18.5 Å². The maximum Gasteiger partial charge on any atom is 0.417 e. The second-order valence-corrected chi connectivity index (χ2v) is 3.88. The van der Waals surface area contributed by atoms with Crippen molar-refractivity contribution >= 4 is 22.5 Å². The molecule has 17 heavy (non-hydrogen) atoms. The van der Waals surface area contributed by atoms with Gasteiger partial charge in [0.2, 0.25) is 0 Å². The van der Waals surface area contributed by atoms with Gasteiger partial charge < -0.3 is 4.40 Å². The minimum absolute atomic E-state index is 0.0749. The average molecular weight is 263 g/mol. The van der Waals surface area contributed by atoms with E-state index in [1.54, 1.807) is 0 Å². The summed E-state index contributed by atoms with van der Waals surface area (Å²) in [5.74, 6) is 0. The van der Waals surface area contributed by atoms with Gasteiger partial charge in [-0.2, -0.15) is 13.2 Å². The lowest BCUT2D eigenvalue weighted by molar-refractivity contribution is -0.137. The summed E-state index contributed by atoms with van der Waals surface area (Å²) in [6.45, 7) is 1.49. The fraction of sp³-hybridized carbons (Fsp3) is 0.200. The predicted molar refractivity (Wildman–Crippen MR) is 55.1 cm³/mol. The van der Waals surface area contributed by atoms with E-state index in [9.17, 15) is 18.0 Å². The molecule has 0 saturated carbocycles. The van der Waals surface area contributed by atoms with Crippen LogP contribution < -0.4 is 0 Å². The number of fused-ring (bicyclic) bond motifs is 1. The molecule has 0 unspecified atom stereocenters. The minimum atomic E-state index is -4.44. The molecule has 0 bridgehead atoms. The number of nitrogens with zero attached hydrogens (tertiary/aromatic N) is 2. The van der Waals surface area contributed by atoms with Crippen LogP contribution in [0.2, 0.25) is 0 Å². The summed E-state index contributed by atoms with van der Waals surface area (Å²) in [7, 11) is 0. The van der Waals surface area contributed by atoms with Gasteiger partial charge in [-0.05, 0) is 30.2 Å². The third kappa shape index (κ3) is 2.12. The second kappa shape index (κ2) is 3.73. The molecule has 2 aromatic heterocycles. The molecule has 0 N–H and O–H groups in total. The maximum atomic E-state index is 12.5. The molecule has 90 valence electrons. The van der Waals surface area contributed by atoms with Gasteiger partial charge in [0, 0.05) is 12.4 Å². The molecule has 0 spiro atoms. The molecule has 0 radical (unpaired) electrons. The number of imidazole rings is 1. The normalized spacial score (nSPS) is 12.1. The van der Waals surface area contributed by atoms with Crippen LogP contribution in [0.5, 0.6) is 0 Å². The number of hydrogen-bond acceptors (Lipinski definition) is 2. The summed E-state index contributed by atoms with van der Waals surface area (Å²) in [6.07, 6.45) is -2.39. The van der Waals surface area contributed by atoms with E-state index in [4.69, 9.17) is 11.6 Å². The Bertz CT molecular complexity index is 603. The van der Waals surface area contributed by atoms with E-state index in [-0.39, 0.29) is 11.3 Å². The van der Waals surface area contributed by atoms with Crippen LogP contribution in [-0.2, 0) is 6.18 Å². The first-order chi connectivity index (χ1) is 7.79. The lowest BCUT2D eigenvalue weighted by atomic mass is 10.2. The largest absolute Gasteiger partial charge is 0.417 e. The quantitative estimate of drug-likeness (QED) is 0.740. The van der Waals surface area contributed by atoms with Gasteiger partial charge in [-0.15, -0.1) is 0 Å². The number of carbonyl (C=O) groups excluding carboxylic acids is 1. The first-order valence-corrected chi connectivity index (χ1v) is 4.93. The van der Waals surface area contributed by atoms with Crippen molar-refractivity contribution in [3.63, 3.8) is 0 Å². The second-order valence-electron chi connectivity index (χ2n) is 3.54. The fourth-order valence-corrected chi connectivity index (χ4v) is 1.61. The van der Waals surface area contributed by atoms with E-state index in [1.165, 1.54) is 13.1 Å². The van der Waals surface area contributed by atoms with Crippen molar-refractivity contribution in [3.05, 3.63) is 35.3 Å². The molecule has 2 rings (SSSR count). The first kappa shape index (κ1) is 11.9. The highest BCUT2D eigenvalue weighted by molar-refractivity contribution is 6.67. The summed E-state index contributed by atoms with van der Waals surface area (Å²) in [5.41, 5.74) is -0.270. The molecule has 0 aliphatic carbocycles. The van der Waals surface area contributed by atoms with Crippen LogP contribution in [0, 0.1) is 6.92 Å². The Morgan fingerprint density at radius 3 is 2.59 bits per heavy atom. The number of aromatic nitrogens is 2. The zero-order chi connectivity index (χ0) is 12.8. The first-order valence-electron chi connectivity index (χ1n) is 4.55. The van der Waals surface area contributed by atoms with Gasteiger partial charge in [0.25, 0.3) is 5.24 Å². The van der Waals surface area contributed by atoms with Crippen LogP contribution in [-0.4, -0.2) is 14.6 Å². The van der Waals surface area contributed by atoms with E-state index in [2.05, 4.69) is 4.98 Å². The summed E-state index contributed by atoms with van der Waals surface area (Å²) in [5, 5.41) is -0.804. The van der Waals surface area contributed by atoms with Gasteiger partial charge in [-0.25, -0.2) is 4.98 Å². The third-order valence-electron chi connectivity index (χ3n) is 2.26. The van der Waals surface area contributed by atoms with Crippen molar-refractivity contribution in [1.29, 1.82) is 0 Å². The van der Waals surface area contributed by atoms with Crippen molar-refractivity contribution in [1.82, 2.24) is 9.38 Å². The van der Waals surface area contributed by atoms with Crippen molar-refractivity contribution in [2.24, 2.45) is 0 Å². The van der Waals surface area contributed by atoms with Crippen molar-refractivity contribution in [2.45, 2.75) is 13.1 Å². The Hall–Kier alpha value is -1.56. The lowest BCUT2D eigenvalue weighted by Crippen LogP contribution is -2.07. The molecule has 0 aliphatic rings. The molecule has 2 aromatic rings. The molecule has 0 atom stereocenters. The van der Waals surface area contributed by atoms with Gasteiger partial charge in [0.1, 0.15) is 11.3 Å². The Morgan fingerprint density at radius 2 is 2.06 bits per heavy atom. The van der Waals surface area contributed by atoms with Crippen LogP contribution in [0.25, 0.3) is 5.65 Å². The average Bonchev–Trinajstić information content (AvgIpc) is 2.60. The number of rotatable bonds is 1. The smallest absolute Gasteiger partial charge is 0.305 e. The maximum absolute atomic E-state index is 12.5. The molecule has 0 saturated heterocycles. The monoisotopic (exact) mass is 262 g/mol. The van der Waals surface area contributed by atoms with Gasteiger partial charge in [-0.3, -0.25) is 4.79 Å². The van der Waals surface area contributed by atoms with E-state index in [0.717, 1.165) is 16.7 Å². The Morgan fingerprint density at radius 1 is 1.41 bits per heavy atom. The molecule has 3 nitrogen and oxygen atoms in total. The van der Waals surface area contributed by atoms with E-state index in [0.29, 0.717) is 5.56 Å². The molecular weight excluding hydrogens is 257 g/mol. The Balaban J connectivity index is 2.69. The molecule has 2 heterocycles. The van der Waals surface area contributed by atoms with E-state index >= 15 is 0 Å². The zero-order valence-corrected chi connectivity index (χ0v) is 9.30. The number of carbonyl (C=O) groups is 1. The van der Waals surface area contributed by atoms with Crippen LogP contribution >= 0.6 is 11.6 Å². The number of halogens is 4. The molecule has 0 aromatic carbocycles. The highest BCUT2D eigenvalue weighted by Gasteiger charge is 2.31. The highest BCUT2D eigenvalue weighted by atomic mass is 35.5. The minimum Gasteiger partial charge on any atom is -0.305 e. The third-order valence-corrected chi connectivity index (χ3v) is 2.46. The zero-order valence-electron chi connectivity index (χ0n) is 8.55. The van der Waals surface area contributed by atoms with Crippen LogP contribution in [0.3, 0.4) is 0 Å². The van der Waals surface area contributed by atoms with Gasteiger partial charge >= 0.3 is 6.18 Å². The molecule has 7 heteroatoms. The van der Waals surface area contributed by atoms with Crippen molar-refractivity contribution < 1.29 is 18.0 Å². The standard InChI is InChI=1S/C10H6ClF3N2O/c1-5-2-6(10(12,13)14)3-16-4-7(8(11)17)15-9(5)16/h2-4H,1H3. The van der Waals surface area contributed by atoms with Crippen molar-refractivity contribution in [2.75, 3.05) is 0 Å². The summed E-state index contributed by atoms with van der Waals surface area (Å²) >= 11 is 5.22. The summed E-state index contributed by atoms with van der Waals surface area (Å²) in [6, 6.07) is 0.977. The highest BCUT2D eigenvalue weighted by Crippen LogP contribution is 2.30. The van der Waals surface area contributed by atoms with Crippen LogP contribution in [0.1, 0.15) is 21.6 Å². The topological polar surface area (TPSA) is 34.4 Å². The Kier molecular flexibility index (Phi) is 2.61. The predicted octanol–water partition coefficient (Wildman–Crippen LogP) is 3.04. The Labute approximate surface area is 98.8 Å². The van der Waals surface area contributed by atoms with Gasteiger partial charge in [0.05, 0.1) is 5.56 Å². The lowest BCUT2D eigenvalue weighted by Gasteiger charge is -2.08. The molecule has 0 fully saturated rings.